The molecule has 1 aromatic heterocycles. The molecule has 8 heteroatoms. The predicted molar refractivity (Wildman–Crippen MR) is 108 cm³/mol. The third-order valence-electron chi connectivity index (χ3n) is 4.68. The molecule has 0 bridgehead atoms. The van der Waals surface area contributed by atoms with Crippen LogP contribution in [0.3, 0.4) is 0 Å². The summed E-state index contributed by atoms with van der Waals surface area (Å²) < 4.78 is 15.0. The number of fused-ring (bicyclic) bond motifs is 1. The van der Waals surface area contributed by atoms with Gasteiger partial charge in [0.25, 0.3) is 0 Å². The second-order valence-electron chi connectivity index (χ2n) is 6.53. The van der Waals surface area contributed by atoms with E-state index in [1.54, 1.807) is 40.0 Å². The van der Waals surface area contributed by atoms with Gasteiger partial charge in [-0.25, -0.2) is 13.9 Å². The van der Waals surface area contributed by atoms with Crippen molar-refractivity contribution in [2.24, 2.45) is 0 Å². The molecule has 1 N–H and O–H groups in total. The summed E-state index contributed by atoms with van der Waals surface area (Å²) in [5, 5.41) is 8.25. The van der Waals surface area contributed by atoms with Crippen molar-refractivity contribution >= 4 is 34.9 Å². The fraction of sp³-hybridized carbons (Fsp3) is 0.200. The molecule has 2 aromatic carbocycles. The highest BCUT2D eigenvalue weighted by Gasteiger charge is 2.26. The molecule has 0 saturated heterocycles. The van der Waals surface area contributed by atoms with Crippen LogP contribution in [0.25, 0.3) is 5.69 Å². The average Bonchev–Trinajstić information content (AvgIpc) is 3.13. The van der Waals surface area contributed by atoms with E-state index in [1.165, 1.54) is 12.1 Å². The van der Waals surface area contributed by atoms with Crippen molar-refractivity contribution in [3.8, 4) is 5.69 Å². The first-order valence-electron chi connectivity index (χ1n) is 8.85. The van der Waals surface area contributed by atoms with Crippen molar-refractivity contribution in [3.63, 3.8) is 0 Å². The van der Waals surface area contributed by atoms with E-state index in [0.29, 0.717) is 23.1 Å². The molecule has 144 valence electrons. The number of anilines is 1. The van der Waals surface area contributed by atoms with Crippen LogP contribution in [-0.4, -0.2) is 22.4 Å². The quantitative estimate of drug-likeness (QED) is 0.651. The van der Waals surface area contributed by atoms with E-state index in [1.807, 2.05) is 6.07 Å². The summed E-state index contributed by atoms with van der Waals surface area (Å²) in [5.74, 6) is -0.298. The summed E-state index contributed by atoms with van der Waals surface area (Å²) in [6.45, 7) is 0.947. The third kappa shape index (κ3) is 3.70. The van der Waals surface area contributed by atoms with Gasteiger partial charge in [0.15, 0.2) is 0 Å². The van der Waals surface area contributed by atoms with Gasteiger partial charge in [0.05, 0.1) is 33.3 Å². The fourth-order valence-corrected chi connectivity index (χ4v) is 3.61. The molecule has 5 nitrogen and oxygen atoms in total. The predicted octanol–water partition coefficient (Wildman–Crippen LogP) is 4.98. The molecule has 3 aromatic rings. The second kappa shape index (κ2) is 7.81. The van der Waals surface area contributed by atoms with E-state index in [0.717, 1.165) is 35.5 Å². The Morgan fingerprint density at radius 3 is 2.68 bits per heavy atom. The molecule has 2 amide bonds. The number of halogens is 3. The van der Waals surface area contributed by atoms with Crippen LogP contribution >= 0.6 is 23.2 Å². The van der Waals surface area contributed by atoms with Crippen LogP contribution in [0.4, 0.5) is 14.9 Å². The Labute approximate surface area is 171 Å². The Hall–Kier alpha value is -2.57. The van der Waals surface area contributed by atoms with Gasteiger partial charge in [0.2, 0.25) is 0 Å². The molecule has 0 spiro atoms. The number of nitrogens with zero attached hydrogens (tertiary/aromatic N) is 3. The molecule has 1 aliphatic rings. The van der Waals surface area contributed by atoms with E-state index in [2.05, 4.69) is 10.4 Å². The highest BCUT2D eigenvalue weighted by Crippen LogP contribution is 2.29. The molecule has 28 heavy (non-hydrogen) atoms. The number of benzene rings is 2. The molecule has 0 radical (unpaired) electrons. The summed E-state index contributed by atoms with van der Waals surface area (Å²) in [4.78, 5) is 14.4. The summed E-state index contributed by atoms with van der Waals surface area (Å²) in [6.07, 6.45) is 3.29. The molecule has 0 saturated carbocycles. The fourth-order valence-electron chi connectivity index (χ4n) is 3.29. The Morgan fingerprint density at radius 1 is 1.14 bits per heavy atom. The summed E-state index contributed by atoms with van der Waals surface area (Å²) >= 11 is 12.0. The van der Waals surface area contributed by atoms with E-state index >= 15 is 0 Å². The zero-order chi connectivity index (χ0) is 19.7. The number of hydrogen-bond donors (Lipinski definition) is 1. The number of amides is 2. The highest BCUT2D eigenvalue weighted by atomic mass is 35.5. The van der Waals surface area contributed by atoms with E-state index in [4.69, 9.17) is 23.2 Å². The first-order chi connectivity index (χ1) is 13.5. The minimum absolute atomic E-state index is 0.203. The zero-order valence-corrected chi connectivity index (χ0v) is 16.3. The van der Waals surface area contributed by atoms with Crippen LogP contribution in [0.5, 0.6) is 0 Å². The molecule has 0 aliphatic carbocycles. The smallest absolute Gasteiger partial charge is 0.322 e. The lowest BCUT2D eigenvalue weighted by Crippen LogP contribution is -2.42. The molecule has 4 rings (SSSR count). The second-order valence-corrected chi connectivity index (χ2v) is 7.34. The van der Waals surface area contributed by atoms with Crippen molar-refractivity contribution < 1.29 is 9.18 Å². The van der Waals surface area contributed by atoms with Crippen molar-refractivity contribution in [2.45, 2.75) is 19.4 Å². The van der Waals surface area contributed by atoms with Gasteiger partial charge < -0.3 is 5.32 Å². The van der Waals surface area contributed by atoms with Gasteiger partial charge in [-0.1, -0.05) is 29.3 Å². The molecule has 0 fully saturated rings. The maximum atomic E-state index is 13.2. The van der Waals surface area contributed by atoms with Crippen molar-refractivity contribution in [1.29, 1.82) is 0 Å². The number of urea groups is 1. The molecule has 1 aliphatic heterocycles. The number of rotatable bonds is 3. The van der Waals surface area contributed by atoms with Gasteiger partial charge in [-0.15, -0.1) is 0 Å². The molecule has 0 atom stereocenters. The lowest BCUT2D eigenvalue weighted by atomic mass is 10.1. The summed E-state index contributed by atoms with van der Waals surface area (Å²) in [7, 11) is 0. The number of nitrogens with one attached hydrogen (secondary N) is 1. The van der Waals surface area contributed by atoms with Crippen LogP contribution in [-0.2, 0) is 13.0 Å². The maximum absolute atomic E-state index is 13.2. The molecular formula is C20H17Cl2FN4O. The highest BCUT2D eigenvalue weighted by molar-refractivity contribution is 6.42. The third-order valence-corrected chi connectivity index (χ3v) is 5.42. The topological polar surface area (TPSA) is 50.2 Å². The zero-order valence-electron chi connectivity index (χ0n) is 14.8. The monoisotopic (exact) mass is 418 g/mol. The lowest BCUT2D eigenvalue weighted by Gasteiger charge is -2.27. The van der Waals surface area contributed by atoms with Crippen LogP contribution < -0.4 is 10.2 Å². The first kappa shape index (κ1) is 18.8. The van der Waals surface area contributed by atoms with E-state index < -0.39 is 0 Å². The SMILES string of the molecule is O=C(NCc1ccc(Cl)c(Cl)c1)N1CCCc2c1cnn2-c1ccc(F)cc1. The molecule has 0 unspecified atom stereocenters. The average molecular weight is 419 g/mol. The summed E-state index contributed by atoms with van der Waals surface area (Å²) in [5.41, 5.74) is 3.33. The van der Waals surface area contributed by atoms with Crippen LogP contribution in [0.15, 0.2) is 48.7 Å². The van der Waals surface area contributed by atoms with Crippen molar-refractivity contribution in [3.05, 3.63) is 75.8 Å². The van der Waals surface area contributed by atoms with E-state index in [-0.39, 0.29) is 11.8 Å². The number of carbonyl (C=O) groups is 1. The van der Waals surface area contributed by atoms with Crippen LogP contribution in [0.2, 0.25) is 10.0 Å². The van der Waals surface area contributed by atoms with Gasteiger partial charge in [0, 0.05) is 13.1 Å². The van der Waals surface area contributed by atoms with Gasteiger partial charge in [0.1, 0.15) is 5.82 Å². The first-order valence-corrected chi connectivity index (χ1v) is 9.60. The number of aromatic nitrogens is 2. The Balaban J connectivity index is 1.52. The van der Waals surface area contributed by atoms with E-state index in [9.17, 15) is 9.18 Å². The largest absolute Gasteiger partial charge is 0.334 e. The van der Waals surface area contributed by atoms with Gasteiger partial charge in [-0.2, -0.15) is 5.10 Å². The normalized spacial score (nSPS) is 13.3. The lowest BCUT2D eigenvalue weighted by molar-refractivity contribution is 0.245. The number of hydrogen-bond acceptors (Lipinski definition) is 2. The number of carbonyl (C=O) groups excluding carboxylic acids is 1. The Bertz CT molecular complexity index is 1020. The standard InChI is InChI=1S/C20H17Cl2FN4O/c21-16-8-3-13(10-17(16)22)11-24-20(28)26-9-1-2-18-19(26)12-25-27(18)15-6-4-14(23)5-7-15/h3-8,10,12H,1-2,9,11H2,(H,24,28). The van der Waals surface area contributed by atoms with Gasteiger partial charge in [-0.3, -0.25) is 4.90 Å². The van der Waals surface area contributed by atoms with Crippen LogP contribution in [0, 0.1) is 5.82 Å². The minimum atomic E-state index is -0.298. The maximum Gasteiger partial charge on any atom is 0.322 e. The van der Waals surface area contributed by atoms with Gasteiger partial charge in [-0.05, 0) is 54.8 Å². The Kier molecular flexibility index (Phi) is 5.24. The van der Waals surface area contributed by atoms with Crippen LogP contribution in [0.1, 0.15) is 17.7 Å². The van der Waals surface area contributed by atoms with Crippen molar-refractivity contribution in [2.75, 3.05) is 11.4 Å². The Morgan fingerprint density at radius 2 is 1.93 bits per heavy atom. The minimum Gasteiger partial charge on any atom is -0.334 e. The van der Waals surface area contributed by atoms with Crippen molar-refractivity contribution in [1.82, 2.24) is 15.1 Å². The molecule has 2 heterocycles. The summed E-state index contributed by atoms with van der Waals surface area (Å²) in [6, 6.07) is 11.2. The van der Waals surface area contributed by atoms with Gasteiger partial charge >= 0.3 is 6.03 Å². The molecular weight excluding hydrogens is 402 g/mol.